The van der Waals surface area contributed by atoms with E-state index in [1.165, 1.54) is 44.6 Å². The predicted molar refractivity (Wildman–Crippen MR) is 133 cm³/mol. The van der Waals surface area contributed by atoms with Crippen LogP contribution >= 0.6 is 0 Å². The molecule has 0 fully saturated rings. The van der Waals surface area contributed by atoms with Crippen molar-refractivity contribution in [3.05, 3.63) is 34.4 Å². The minimum absolute atomic E-state index is 0.0344. The Hall–Kier alpha value is -1.84. The smallest absolute Gasteiger partial charge is 0.336 e. The lowest BCUT2D eigenvalue weighted by Crippen LogP contribution is -2.17. The minimum Gasteiger partial charge on any atom is -0.478 e. The van der Waals surface area contributed by atoms with Gasteiger partial charge in [-0.25, -0.2) is 9.59 Å². The van der Waals surface area contributed by atoms with Gasteiger partial charge in [-0.1, -0.05) is 104 Å². The summed E-state index contributed by atoms with van der Waals surface area (Å²) in [4.78, 5) is 24.1. The first-order valence-electron chi connectivity index (χ1n) is 13.1. The molecule has 1 aromatic rings. The Labute approximate surface area is 195 Å². The van der Waals surface area contributed by atoms with Crippen LogP contribution < -0.4 is 0 Å². The normalized spacial score (nSPS) is 12.1. The first-order chi connectivity index (χ1) is 15.5. The van der Waals surface area contributed by atoms with E-state index in [0.717, 1.165) is 75.3 Å². The largest absolute Gasteiger partial charge is 0.478 e. The maximum Gasteiger partial charge on any atom is 0.336 e. The number of hydrogen-bond acceptors (Lipinski definition) is 2. The van der Waals surface area contributed by atoms with Gasteiger partial charge in [0.15, 0.2) is 0 Å². The zero-order valence-electron chi connectivity index (χ0n) is 20.8. The standard InChI is InChI=1S/C28H46O4/c1-4-7-10-11-12-13-14-16-19-23-20-21-24(27(29)30)26(28(31)32)25(23)22(17-9-6-3)18-15-8-5-2/h20-22H,4-19H2,1-3H3,(H,29,30)(H,31,32). The van der Waals surface area contributed by atoms with Gasteiger partial charge in [0, 0.05) is 0 Å². The highest BCUT2D eigenvalue weighted by Gasteiger charge is 2.27. The van der Waals surface area contributed by atoms with Gasteiger partial charge in [-0.2, -0.15) is 0 Å². The van der Waals surface area contributed by atoms with E-state index in [4.69, 9.17) is 0 Å². The average Bonchev–Trinajstić information content (AvgIpc) is 2.77. The Balaban J connectivity index is 3.09. The lowest BCUT2D eigenvalue weighted by Gasteiger charge is -2.24. The Kier molecular flexibility index (Phi) is 14.8. The summed E-state index contributed by atoms with van der Waals surface area (Å²) >= 11 is 0. The monoisotopic (exact) mass is 446 g/mol. The molecule has 0 saturated heterocycles. The van der Waals surface area contributed by atoms with Gasteiger partial charge in [0.1, 0.15) is 0 Å². The highest BCUT2D eigenvalue weighted by molar-refractivity contribution is 6.03. The number of carbonyl (C=O) groups is 2. The molecule has 0 aliphatic rings. The number of benzene rings is 1. The van der Waals surface area contributed by atoms with Crippen LogP contribution in [-0.2, 0) is 6.42 Å². The van der Waals surface area contributed by atoms with Crippen LogP contribution in [0.2, 0.25) is 0 Å². The molecule has 32 heavy (non-hydrogen) atoms. The summed E-state index contributed by atoms with van der Waals surface area (Å²) in [6.45, 7) is 6.55. The molecule has 0 radical (unpaired) electrons. The molecule has 0 heterocycles. The van der Waals surface area contributed by atoms with Gasteiger partial charge in [-0.3, -0.25) is 0 Å². The van der Waals surface area contributed by atoms with Crippen LogP contribution in [0, 0.1) is 0 Å². The second-order valence-electron chi connectivity index (χ2n) is 9.23. The molecule has 0 aliphatic carbocycles. The molecule has 1 atom stereocenters. The number of rotatable bonds is 19. The van der Waals surface area contributed by atoms with Crippen LogP contribution in [-0.4, -0.2) is 22.2 Å². The summed E-state index contributed by atoms with van der Waals surface area (Å²) in [6.07, 6.45) is 17.9. The third-order valence-corrected chi connectivity index (χ3v) is 6.55. The first-order valence-corrected chi connectivity index (χ1v) is 13.1. The summed E-state index contributed by atoms with van der Waals surface area (Å²) in [7, 11) is 0. The second-order valence-corrected chi connectivity index (χ2v) is 9.23. The predicted octanol–water partition coefficient (Wildman–Crippen LogP) is 8.62. The molecule has 0 saturated carbocycles. The number of aromatic carboxylic acids is 2. The SMILES string of the molecule is CCCCCCCCCCc1ccc(C(=O)O)c(C(=O)O)c1C(CCCC)CCCCC. The van der Waals surface area contributed by atoms with Crippen molar-refractivity contribution >= 4 is 11.9 Å². The first kappa shape index (κ1) is 28.2. The van der Waals surface area contributed by atoms with Gasteiger partial charge in [-0.15, -0.1) is 0 Å². The van der Waals surface area contributed by atoms with Crippen molar-refractivity contribution < 1.29 is 19.8 Å². The van der Waals surface area contributed by atoms with Crippen LogP contribution in [0.4, 0.5) is 0 Å². The topological polar surface area (TPSA) is 74.6 Å². The fraction of sp³-hybridized carbons (Fsp3) is 0.714. The molecule has 4 heteroatoms. The quantitative estimate of drug-likeness (QED) is 0.209. The van der Waals surface area contributed by atoms with Gasteiger partial charge >= 0.3 is 11.9 Å². The zero-order chi connectivity index (χ0) is 23.8. The number of carboxylic acid groups (broad SMARTS) is 2. The van der Waals surface area contributed by atoms with Gasteiger partial charge in [0.25, 0.3) is 0 Å². The Morgan fingerprint density at radius 1 is 0.688 bits per heavy atom. The number of hydrogen-bond donors (Lipinski definition) is 2. The van der Waals surface area contributed by atoms with Crippen molar-refractivity contribution in [1.82, 2.24) is 0 Å². The molecule has 0 aromatic heterocycles. The Morgan fingerprint density at radius 2 is 1.22 bits per heavy atom. The maximum atomic E-state index is 12.2. The van der Waals surface area contributed by atoms with E-state index in [9.17, 15) is 19.8 Å². The van der Waals surface area contributed by atoms with E-state index in [1.54, 1.807) is 0 Å². The van der Waals surface area contributed by atoms with Crippen LogP contribution in [0.1, 0.15) is 155 Å². The molecule has 182 valence electrons. The Bertz CT molecular complexity index is 680. The van der Waals surface area contributed by atoms with E-state index >= 15 is 0 Å². The highest BCUT2D eigenvalue weighted by Crippen LogP contribution is 2.36. The molecule has 1 aromatic carbocycles. The van der Waals surface area contributed by atoms with Gasteiger partial charge in [-0.05, 0) is 48.8 Å². The molecular weight excluding hydrogens is 400 g/mol. The molecule has 0 bridgehead atoms. The lowest BCUT2D eigenvalue weighted by molar-refractivity contribution is 0.0649. The van der Waals surface area contributed by atoms with Crippen LogP contribution in [0.15, 0.2) is 12.1 Å². The third kappa shape index (κ3) is 9.75. The fourth-order valence-electron chi connectivity index (χ4n) is 4.73. The van der Waals surface area contributed by atoms with Crippen LogP contribution in [0.3, 0.4) is 0 Å². The number of carboxylic acids is 2. The fourth-order valence-corrected chi connectivity index (χ4v) is 4.73. The van der Waals surface area contributed by atoms with E-state index in [1.807, 2.05) is 6.07 Å². The minimum atomic E-state index is -1.15. The molecule has 4 nitrogen and oxygen atoms in total. The molecule has 0 amide bonds. The van der Waals surface area contributed by atoms with Crippen molar-refractivity contribution in [2.45, 2.75) is 129 Å². The van der Waals surface area contributed by atoms with E-state index in [0.29, 0.717) is 0 Å². The number of unbranched alkanes of at least 4 members (excludes halogenated alkanes) is 10. The lowest BCUT2D eigenvalue weighted by atomic mass is 9.80. The molecule has 1 rings (SSSR count). The second kappa shape index (κ2) is 16.7. The molecule has 0 spiro atoms. The van der Waals surface area contributed by atoms with Crippen molar-refractivity contribution in [2.75, 3.05) is 0 Å². The molecule has 0 aliphatic heterocycles. The van der Waals surface area contributed by atoms with E-state index < -0.39 is 11.9 Å². The number of aryl methyl sites for hydroxylation is 1. The summed E-state index contributed by atoms with van der Waals surface area (Å²) in [5, 5.41) is 19.7. The highest BCUT2D eigenvalue weighted by atomic mass is 16.4. The van der Waals surface area contributed by atoms with Gasteiger partial charge in [0.05, 0.1) is 11.1 Å². The summed E-state index contributed by atoms with van der Waals surface area (Å²) < 4.78 is 0. The average molecular weight is 447 g/mol. The van der Waals surface area contributed by atoms with Gasteiger partial charge in [0.2, 0.25) is 0 Å². The molecule has 1 unspecified atom stereocenters. The zero-order valence-corrected chi connectivity index (χ0v) is 20.8. The van der Waals surface area contributed by atoms with Crippen LogP contribution in [0.25, 0.3) is 0 Å². The Morgan fingerprint density at radius 3 is 1.78 bits per heavy atom. The van der Waals surface area contributed by atoms with Crippen LogP contribution in [0.5, 0.6) is 0 Å². The van der Waals surface area contributed by atoms with Gasteiger partial charge < -0.3 is 10.2 Å². The van der Waals surface area contributed by atoms with Crippen molar-refractivity contribution in [2.24, 2.45) is 0 Å². The van der Waals surface area contributed by atoms with Crippen molar-refractivity contribution in [3.63, 3.8) is 0 Å². The van der Waals surface area contributed by atoms with E-state index in [-0.39, 0.29) is 17.0 Å². The molecular formula is C28H46O4. The third-order valence-electron chi connectivity index (χ3n) is 6.55. The van der Waals surface area contributed by atoms with Crippen molar-refractivity contribution in [3.8, 4) is 0 Å². The summed E-state index contributed by atoms with van der Waals surface area (Å²) in [6, 6.07) is 3.41. The summed E-state index contributed by atoms with van der Waals surface area (Å²) in [5.74, 6) is -2.13. The van der Waals surface area contributed by atoms with E-state index in [2.05, 4.69) is 20.8 Å². The maximum absolute atomic E-state index is 12.2. The summed E-state index contributed by atoms with van der Waals surface area (Å²) in [5.41, 5.74) is 1.83. The van der Waals surface area contributed by atoms with Crippen molar-refractivity contribution in [1.29, 1.82) is 0 Å². The molecule has 2 N–H and O–H groups in total.